The zero-order valence-electron chi connectivity index (χ0n) is 20.5. The number of benzene rings is 2. The van der Waals surface area contributed by atoms with E-state index in [0.29, 0.717) is 18.6 Å². The third-order valence-electron chi connectivity index (χ3n) is 6.59. The van der Waals surface area contributed by atoms with E-state index in [1.54, 1.807) is 0 Å². The van der Waals surface area contributed by atoms with E-state index < -0.39 is 65.3 Å². The summed E-state index contributed by atoms with van der Waals surface area (Å²) in [6.45, 7) is -1.45. The van der Waals surface area contributed by atoms with E-state index in [0.717, 1.165) is 30.3 Å². The Morgan fingerprint density at radius 3 is 2.02 bits per heavy atom. The van der Waals surface area contributed by atoms with E-state index in [2.05, 4.69) is 0 Å². The molecule has 0 amide bonds. The van der Waals surface area contributed by atoms with Crippen LogP contribution in [0.3, 0.4) is 0 Å². The minimum atomic E-state index is -5.07. The molecule has 2 aromatic rings. The third-order valence-corrected chi connectivity index (χ3v) is 8.36. The highest BCUT2D eigenvalue weighted by Gasteiger charge is 2.45. The van der Waals surface area contributed by atoms with Crippen molar-refractivity contribution in [3.63, 3.8) is 0 Å². The summed E-state index contributed by atoms with van der Waals surface area (Å²) in [7, 11) is 0. The molecule has 3 rings (SSSR count). The number of carbonyl (C=O) groups is 1. The second kappa shape index (κ2) is 12.3. The number of allylic oxidation sites excluding steroid dienone is 1. The van der Waals surface area contributed by atoms with Crippen molar-refractivity contribution in [3.05, 3.63) is 73.7 Å². The van der Waals surface area contributed by atoms with Crippen LogP contribution in [-0.4, -0.2) is 29.7 Å². The standard InChI is InChI=1S/C26H19Cl3F9NOS/c27-18-9-14(10-19(28)21(18)29)16(25(33,34)35)5-3-13-2-4-15(17(8-13)26(36,37)38)20(40)11-23(6-1-7-23)22(41)39-12-24(30,31)32/h2-5,8-10,16H,1,6-7,11-12H2,(H,39,41)/b5-3+. The molecule has 0 radical (unpaired) electrons. The number of rotatable bonds is 8. The normalized spacial score (nSPS) is 16.4. The molecule has 224 valence electrons. The van der Waals surface area contributed by atoms with Crippen LogP contribution in [0.2, 0.25) is 15.1 Å². The SMILES string of the molecule is O=C(CC1(C(=S)NCC(F)(F)F)CCC1)c1ccc(/C=C/C(c2cc(Cl)c(Cl)c(Cl)c2)C(F)(F)F)cc1C(F)(F)F. The fourth-order valence-electron chi connectivity index (χ4n) is 4.37. The number of thiocarbonyl (C=S) groups is 1. The molecule has 2 aromatic carbocycles. The van der Waals surface area contributed by atoms with Crippen LogP contribution in [0.1, 0.15) is 58.6 Å². The molecular weight excluding hydrogens is 652 g/mol. The summed E-state index contributed by atoms with van der Waals surface area (Å²) in [5, 5.41) is 1.37. The molecule has 2 nitrogen and oxygen atoms in total. The number of halogens is 12. The van der Waals surface area contributed by atoms with Crippen LogP contribution in [0.25, 0.3) is 6.08 Å². The van der Waals surface area contributed by atoms with Crippen LogP contribution < -0.4 is 5.32 Å². The second-order valence-corrected chi connectivity index (χ2v) is 11.1. The number of Topliss-reactive ketones (excluding diaryl/α,β-unsaturated/α-hetero) is 1. The van der Waals surface area contributed by atoms with Crippen molar-refractivity contribution in [2.24, 2.45) is 5.41 Å². The smallest absolute Gasteiger partial charge is 0.371 e. The molecule has 0 bridgehead atoms. The van der Waals surface area contributed by atoms with Crippen LogP contribution in [0.4, 0.5) is 39.5 Å². The maximum Gasteiger partial charge on any atom is 0.417 e. The third kappa shape index (κ3) is 8.30. The van der Waals surface area contributed by atoms with Crippen molar-refractivity contribution in [3.8, 4) is 0 Å². The predicted octanol–water partition coefficient (Wildman–Crippen LogP) is 10.2. The number of hydrogen-bond donors (Lipinski definition) is 1. The monoisotopic (exact) mass is 669 g/mol. The molecule has 1 aliphatic rings. The highest BCUT2D eigenvalue weighted by Crippen LogP contribution is 2.47. The summed E-state index contributed by atoms with van der Waals surface area (Å²) in [5.41, 5.74) is -4.11. The zero-order chi connectivity index (χ0) is 31.0. The largest absolute Gasteiger partial charge is 0.417 e. The summed E-state index contributed by atoms with van der Waals surface area (Å²) in [6.07, 6.45) is -12.8. The van der Waals surface area contributed by atoms with Gasteiger partial charge in [0, 0.05) is 17.4 Å². The van der Waals surface area contributed by atoms with Gasteiger partial charge in [0.15, 0.2) is 5.78 Å². The second-order valence-electron chi connectivity index (χ2n) is 9.51. The predicted molar refractivity (Wildman–Crippen MR) is 143 cm³/mol. The first-order chi connectivity index (χ1) is 18.7. The Bertz CT molecular complexity index is 1330. The van der Waals surface area contributed by atoms with E-state index in [1.165, 1.54) is 0 Å². The Balaban J connectivity index is 1.92. The molecule has 1 atom stereocenters. The lowest BCUT2D eigenvalue weighted by molar-refractivity contribution is -0.139. The highest BCUT2D eigenvalue weighted by atomic mass is 35.5. The van der Waals surface area contributed by atoms with E-state index in [9.17, 15) is 44.3 Å². The Kier molecular flexibility index (Phi) is 10.0. The van der Waals surface area contributed by atoms with E-state index in [1.807, 2.05) is 5.32 Å². The van der Waals surface area contributed by atoms with E-state index in [-0.39, 0.29) is 38.5 Å². The summed E-state index contributed by atoms with van der Waals surface area (Å²) in [6, 6.07) is 4.24. The van der Waals surface area contributed by atoms with Crippen LogP contribution >= 0.6 is 47.0 Å². The summed E-state index contributed by atoms with van der Waals surface area (Å²) in [5.74, 6) is -3.32. The quantitative estimate of drug-likeness (QED) is 0.131. The summed E-state index contributed by atoms with van der Waals surface area (Å²) >= 11 is 22.5. The molecule has 0 spiro atoms. The van der Waals surface area contributed by atoms with Gasteiger partial charge < -0.3 is 5.32 Å². The maximum absolute atomic E-state index is 13.9. The van der Waals surface area contributed by atoms with Crippen LogP contribution in [0.5, 0.6) is 0 Å². The Morgan fingerprint density at radius 2 is 1.56 bits per heavy atom. The van der Waals surface area contributed by atoms with Gasteiger partial charge in [0.25, 0.3) is 0 Å². The summed E-state index contributed by atoms with van der Waals surface area (Å²) < 4.78 is 121. The van der Waals surface area contributed by atoms with Gasteiger partial charge in [0.05, 0.1) is 31.5 Å². The Morgan fingerprint density at radius 1 is 0.976 bits per heavy atom. The molecule has 1 unspecified atom stereocenters. The molecule has 41 heavy (non-hydrogen) atoms. The van der Waals surface area contributed by atoms with Gasteiger partial charge in [-0.3, -0.25) is 4.79 Å². The van der Waals surface area contributed by atoms with Crippen molar-refractivity contribution in [1.29, 1.82) is 0 Å². The first-order valence-corrected chi connectivity index (χ1v) is 13.3. The van der Waals surface area contributed by atoms with Gasteiger partial charge >= 0.3 is 18.5 Å². The number of alkyl halides is 9. The molecule has 0 saturated heterocycles. The first-order valence-electron chi connectivity index (χ1n) is 11.7. The van der Waals surface area contributed by atoms with Gasteiger partial charge in [-0.1, -0.05) is 77.7 Å². The van der Waals surface area contributed by atoms with Gasteiger partial charge in [-0.25, -0.2) is 0 Å². The molecule has 1 fully saturated rings. The first kappa shape index (κ1) is 33.5. The molecule has 1 N–H and O–H groups in total. The van der Waals surface area contributed by atoms with Gasteiger partial charge in [-0.05, 0) is 42.2 Å². The van der Waals surface area contributed by atoms with E-state index in [4.69, 9.17) is 47.0 Å². The van der Waals surface area contributed by atoms with Crippen molar-refractivity contribution in [2.45, 2.75) is 50.1 Å². The lowest BCUT2D eigenvalue weighted by atomic mass is 9.65. The van der Waals surface area contributed by atoms with Gasteiger partial charge in [0.2, 0.25) is 0 Å². The number of carbonyl (C=O) groups excluding carboxylic acids is 1. The highest BCUT2D eigenvalue weighted by molar-refractivity contribution is 7.80. The minimum Gasteiger partial charge on any atom is -0.371 e. The fraction of sp³-hybridized carbons (Fsp3) is 0.385. The van der Waals surface area contributed by atoms with Crippen LogP contribution in [-0.2, 0) is 6.18 Å². The fourth-order valence-corrected chi connectivity index (χ4v) is 5.33. The molecule has 0 aromatic heterocycles. The average molecular weight is 671 g/mol. The van der Waals surface area contributed by atoms with Crippen LogP contribution in [0.15, 0.2) is 36.4 Å². The lowest BCUT2D eigenvalue weighted by Gasteiger charge is -2.42. The minimum absolute atomic E-state index is 0.169. The topological polar surface area (TPSA) is 29.1 Å². The number of nitrogens with one attached hydrogen (secondary N) is 1. The van der Waals surface area contributed by atoms with Crippen molar-refractivity contribution in [2.75, 3.05) is 6.54 Å². The lowest BCUT2D eigenvalue weighted by Crippen LogP contribution is -2.48. The number of ketones is 1. The number of hydrogen-bond acceptors (Lipinski definition) is 2. The molecule has 0 heterocycles. The molecular formula is C26H19Cl3F9NOS. The summed E-state index contributed by atoms with van der Waals surface area (Å²) in [4.78, 5) is 12.7. The Labute approximate surface area is 248 Å². The molecule has 1 saturated carbocycles. The van der Waals surface area contributed by atoms with Crippen molar-refractivity contribution >= 4 is 63.9 Å². The van der Waals surface area contributed by atoms with Gasteiger partial charge in [-0.2, -0.15) is 39.5 Å². The molecule has 15 heteroatoms. The zero-order valence-corrected chi connectivity index (χ0v) is 23.6. The van der Waals surface area contributed by atoms with Crippen molar-refractivity contribution < 1.29 is 44.3 Å². The van der Waals surface area contributed by atoms with Crippen LogP contribution in [0, 0.1) is 5.41 Å². The molecule has 0 aliphatic heterocycles. The maximum atomic E-state index is 13.9. The van der Waals surface area contributed by atoms with E-state index >= 15 is 0 Å². The molecule has 1 aliphatic carbocycles. The Hall–Kier alpha value is -2.02. The van der Waals surface area contributed by atoms with Gasteiger partial charge in [-0.15, -0.1) is 0 Å². The van der Waals surface area contributed by atoms with Crippen molar-refractivity contribution in [1.82, 2.24) is 5.32 Å². The van der Waals surface area contributed by atoms with Gasteiger partial charge in [0.1, 0.15) is 6.54 Å². The average Bonchev–Trinajstić information content (AvgIpc) is 2.81.